The smallest absolute Gasteiger partial charge is 0.270 e. The van der Waals surface area contributed by atoms with Gasteiger partial charge in [0.25, 0.3) is 5.91 Å². The lowest BCUT2D eigenvalue weighted by Gasteiger charge is -2.31. The summed E-state index contributed by atoms with van der Waals surface area (Å²) in [5.74, 6) is 0.338. The Morgan fingerprint density at radius 2 is 1.92 bits per heavy atom. The Bertz CT molecular complexity index is 1240. The van der Waals surface area contributed by atoms with Gasteiger partial charge in [0.15, 0.2) is 0 Å². The molecule has 2 aliphatic rings. The SMILES string of the molecule is CC(=O)N1CCC(Nc2cc(C(=O)NCC(O)CN3CCn4c(cc5ccccc54)C3)ncn2)CC1. The first kappa shape index (κ1) is 24.2. The molecule has 190 valence electrons. The standard InChI is InChI=1S/C26H33N7O3/c1-18(34)32-8-6-20(7-9-32)30-25-13-23(28-17-29-25)26(36)27-14-22(35)16-31-10-11-33-21(15-31)12-19-4-2-3-5-24(19)33/h2-5,12-13,17,20,22,35H,6-11,14-16H2,1H3,(H,27,36)(H,28,29,30). The Morgan fingerprint density at radius 1 is 1.11 bits per heavy atom. The number of benzene rings is 1. The van der Waals surface area contributed by atoms with Gasteiger partial charge in [0.2, 0.25) is 5.91 Å². The minimum atomic E-state index is -0.684. The molecule has 2 aliphatic heterocycles. The average molecular weight is 492 g/mol. The van der Waals surface area contributed by atoms with Crippen LogP contribution in [0.25, 0.3) is 10.9 Å². The van der Waals surface area contributed by atoms with Crippen LogP contribution in [0.4, 0.5) is 5.82 Å². The third-order valence-corrected chi connectivity index (χ3v) is 7.08. The molecule has 10 nitrogen and oxygen atoms in total. The molecule has 4 heterocycles. The minimum absolute atomic E-state index is 0.0973. The van der Waals surface area contributed by atoms with Gasteiger partial charge in [-0.2, -0.15) is 0 Å². The van der Waals surface area contributed by atoms with Gasteiger partial charge in [-0.05, 0) is 30.4 Å². The fourth-order valence-corrected chi connectivity index (χ4v) is 5.14. The summed E-state index contributed by atoms with van der Waals surface area (Å²) in [5, 5.41) is 18.0. The van der Waals surface area contributed by atoms with Crippen molar-refractivity contribution in [3.63, 3.8) is 0 Å². The lowest BCUT2D eigenvalue weighted by molar-refractivity contribution is -0.129. The number of aliphatic hydroxyl groups is 1. The topological polar surface area (TPSA) is 116 Å². The van der Waals surface area contributed by atoms with E-state index < -0.39 is 6.10 Å². The van der Waals surface area contributed by atoms with Crippen LogP contribution in [-0.4, -0.2) is 86.1 Å². The first-order valence-corrected chi connectivity index (χ1v) is 12.6. The van der Waals surface area contributed by atoms with Crippen LogP contribution in [0.5, 0.6) is 0 Å². The van der Waals surface area contributed by atoms with Crippen molar-refractivity contribution < 1.29 is 14.7 Å². The summed E-state index contributed by atoms with van der Waals surface area (Å²) < 4.78 is 2.34. The van der Waals surface area contributed by atoms with E-state index in [-0.39, 0.29) is 30.1 Å². The highest BCUT2D eigenvalue weighted by Gasteiger charge is 2.23. The van der Waals surface area contributed by atoms with Crippen LogP contribution in [0, 0.1) is 0 Å². The normalized spacial score (nSPS) is 17.6. The Balaban J connectivity index is 1.09. The molecule has 2 amide bonds. The summed E-state index contributed by atoms with van der Waals surface area (Å²) in [6.45, 7) is 6.14. The van der Waals surface area contributed by atoms with Crippen molar-refractivity contribution in [3.05, 3.63) is 54.1 Å². The average Bonchev–Trinajstić information content (AvgIpc) is 3.25. The lowest BCUT2D eigenvalue weighted by atomic mass is 10.1. The number of nitrogens with zero attached hydrogens (tertiary/aromatic N) is 5. The number of aromatic nitrogens is 3. The number of rotatable bonds is 7. The molecule has 10 heteroatoms. The van der Waals surface area contributed by atoms with Crippen LogP contribution in [0.2, 0.25) is 0 Å². The molecular formula is C26H33N7O3. The third kappa shape index (κ3) is 5.50. The Hall–Kier alpha value is -3.50. The Labute approximate surface area is 210 Å². The number of piperidine rings is 1. The first-order valence-electron chi connectivity index (χ1n) is 12.6. The molecule has 5 rings (SSSR count). The Kier molecular flexibility index (Phi) is 7.15. The molecule has 1 saturated heterocycles. The fourth-order valence-electron chi connectivity index (χ4n) is 5.14. The van der Waals surface area contributed by atoms with Crippen LogP contribution in [0.1, 0.15) is 35.9 Å². The highest BCUT2D eigenvalue weighted by atomic mass is 16.3. The van der Waals surface area contributed by atoms with Crippen LogP contribution < -0.4 is 10.6 Å². The van der Waals surface area contributed by atoms with Gasteiger partial charge in [-0.3, -0.25) is 14.5 Å². The van der Waals surface area contributed by atoms with Crippen molar-refractivity contribution >= 4 is 28.5 Å². The number of para-hydroxylation sites is 1. The number of hydrogen-bond acceptors (Lipinski definition) is 7. The molecule has 3 N–H and O–H groups in total. The molecule has 0 saturated carbocycles. The van der Waals surface area contributed by atoms with Crippen LogP contribution in [-0.2, 0) is 17.9 Å². The van der Waals surface area contributed by atoms with Crippen LogP contribution >= 0.6 is 0 Å². The van der Waals surface area contributed by atoms with Gasteiger partial charge in [-0.15, -0.1) is 0 Å². The number of anilines is 1. The summed E-state index contributed by atoms with van der Waals surface area (Å²) in [6, 6.07) is 12.4. The minimum Gasteiger partial charge on any atom is -0.390 e. The zero-order valence-corrected chi connectivity index (χ0v) is 20.6. The summed E-state index contributed by atoms with van der Waals surface area (Å²) in [7, 11) is 0. The Morgan fingerprint density at radius 3 is 2.72 bits per heavy atom. The van der Waals surface area contributed by atoms with E-state index in [1.165, 1.54) is 22.9 Å². The van der Waals surface area contributed by atoms with Gasteiger partial charge in [0.1, 0.15) is 17.8 Å². The molecule has 1 atom stereocenters. The van der Waals surface area contributed by atoms with Gasteiger partial charge in [-0.1, -0.05) is 18.2 Å². The van der Waals surface area contributed by atoms with Crippen molar-refractivity contribution in [1.29, 1.82) is 0 Å². The van der Waals surface area contributed by atoms with Gasteiger partial charge < -0.3 is 25.2 Å². The molecule has 36 heavy (non-hydrogen) atoms. The van der Waals surface area contributed by atoms with E-state index in [9.17, 15) is 14.7 Å². The molecular weight excluding hydrogens is 458 g/mol. The summed E-state index contributed by atoms with van der Waals surface area (Å²) >= 11 is 0. The highest BCUT2D eigenvalue weighted by molar-refractivity contribution is 5.92. The molecule has 2 aromatic heterocycles. The molecule has 3 aromatic rings. The summed E-state index contributed by atoms with van der Waals surface area (Å²) in [6.07, 6.45) is 2.34. The maximum Gasteiger partial charge on any atom is 0.270 e. The number of carbonyl (C=O) groups is 2. The molecule has 1 aromatic carbocycles. The van der Waals surface area contributed by atoms with E-state index in [4.69, 9.17) is 0 Å². The zero-order chi connectivity index (χ0) is 25.1. The van der Waals surface area contributed by atoms with Crippen LogP contribution in [0.3, 0.4) is 0 Å². The number of nitrogens with one attached hydrogen (secondary N) is 2. The zero-order valence-electron chi connectivity index (χ0n) is 20.6. The van der Waals surface area contributed by atoms with Crippen molar-refractivity contribution in [2.24, 2.45) is 0 Å². The van der Waals surface area contributed by atoms with Gasteiger partial charge in [-0.25, -0.2) is 9.97 Å². The van der Waals surface area contributed by atoms with Crippen molar-refractivity contribution in [3.8, 4) is 0 Å². The molecule has 1 fully saturated rings. The number of hydrogen-bond donors (Lipinski definition) is 3. The van der Waals surface area contributed by atoms with E-state index >= 15 is 0 Å². The number of β-amino-alcohol motifs (C(OH)–C–C–N with tert-alkyl or cyclic N) is 1. The van der Waals surface area contributed by atoms with Crippen LogP contribution in [0.15, 0.2) is 42.7 Å². The maximum atomic E-state index is 12.7. The van der Waals surface area contributed by atoms with E-state index in [1.54, 1.807) is 13.0 Å². The van der Waals surface area contributed by atoms with E-state index in [0.717, 1.165) is 32.5 Å². The molecule has 0 spiro atoms. The first-order chi connectivity index (χ1) is 17.5. The molecule has 0 aliphatic carbocycles. The number of carbonyl (C=O) groups excluding carboxylic acids is 2. The monoisotopic (exact) mass is 491 g/mol. The van der Waals surface area contributed by atoms with Gasteiger partial charge in [0, 0.05) is 76.1 Å². The van der Waals surface area contributed by atoms with Crippen molar-refractivity contribution in [2.45, 2.75) is 45.0 Å². The number of aliphatic hydroxyl groups excluding tert-OH is 1. The lowest BCUT2D eigenvalue weighted by Crippen LogP contribution is -2.43. The predicted molar refractivity (Wildman–Crippen MR) is 136 cm³/mol. The van der Waals surface area contributed by atoms with E-state index in [1.807, 2.05) is 11.0 Å². The number of likely N-dealkylation sites (tertiary alicyclic amines) is 1. The summed E-state index contributed by atoms with van der Waals surface area (Å²) in [5.41, 5.74) is 2.75. The summed E-state index contributed by atoms with van der Waals surface area (Å²) in [4.78, 5) is 36.6. The van der Waals surface area contributed by atoms with Gasteiger partial charge >= 0.3 is 0 Å². The van der Waals surface area contributed by atoms with Crippen molar-refractivity contribution in [2.75, 3.05) is 38.0 Å². The number of fused-ring (bicyclic) bond motifs is 3. The van der Waals surface area contributed by atoms with E-state index in [2.05, 4.69) is 54.3 Å². The largest absolute Gasteiger partial charge is 0.390 e. The van der Waals surface area contributed by atoms with Crippen molar-refractivity contribution in [1.82, 2.24) is 29.7 Å². The predicted octanol–water partition coefficient (Wildman–Crippen LogP) is 1.46. The van der Waals surface area contributed by atoms with E-state index in [0.29, 0.717) is 25.5 Å². The molecule has 0 bridgehead atoms. The highest BCUT2D eigenvalue weighted by Crippen LogP contribution is 2.24. The molecule has 1 unspecified atom stereocenters. The third-order valence-electron chi connectivity index (χ3n) is 7.08. The fraction of sp³-hybridized carbons (Fsp3) is 0.462. The van der Waals surface area contributed by atoms with Gasteiger partial charge in [0.05, 0.1) is 6.10 Å². The second-order valence-corrected chi connectivity index (χ2v) is 9.66. The second-order valence-electron chi connectivity index (χ2n) is 9.66. The molecule has 0 radical (unpaired) electrons. The second kappa shape index (κ2) is 10.6. The quantitative estimate of drug-likeness (QED) is 0.458. The maximum absolute atomic E-state index is 12.7. The number of amides is 2.